The molecule has 7 heteroatoms. The maximum atomic E-state index is 10.8. The summed E-state index contributed by atoms with van der Waals surface area (Å²) >= 11 is 0. The number of imidazole rings is 1. The number of nitrogens with zero attached hydrogens (tertiary/aromatic N) is 3. The first-order valence-corrected chi connectivity index (χ1v) is 5.41. The SMILES string of the molecule is Cc1nc([N+](=O)[O-])c2n1CCC(CC(=O)O)C2. The number of fused-ring (bicyclic) bond motifs is 1. The lowest BCUT2D eigenvalue weighted by atomic mass is 9.93. The highest BCUT2D eigenvalue weighted by atomic mass is 16.6. The molecule has 1 aliphatic rings. The first-order chi connectivity index (χ1) is 7.99. The molecular weight excluding hydrogens is 226 g/mol. The number of carboxylic acids is 1. The van der Waals surface area contributed by atoms with Crippen molar-refractivity contribution in [3.8, 4) is 0 Å². The molecule has 1 aromatic heterocycles. The third kappa shape index (κ3) is 2.13. The maximum absolute atomic E-state index is 10.8. The summed E-state index contributed by atoms with van der Waals surface area (Å²) in [6, 6.07) is 0. The molecule has 0 bridgehead atoms. The first-order valence-electron chi connectivity index (χ1n) is 5.41. The maximum Gasteiger partial charge on any atom is 0.385 e. The molecule has 0 radical (unpaired) electrons. The van der Waals surface area contributed by atoms with Crippen LogP contribution in [0.1, 0.15) is 24.4 Å². The van der Waals surface area contributed by atoms with Crippen LogP contribution >= 0.6 is 0 Å². The van der Waals surface area contributed by atoms with Crippen molar-refractivity contribution in [2.75, 3.05) is 0 Å². The summed E-state index contributed by atoms with van der Waals surface area (Å²) in [5, 5.41) is 19.6. The van der Waals surface area contributed by atoms with Crippen LogP contribution in [0.5, 0.6) is 0 Å². The zero-order valence-corrected chi connectivity index (χ0v) is 9.42. The average Bonchev–Trinajstić information content (AvgIpc) is 2.55. The van der Waals surface area contributed by atoms with Crippen LogP contribution in [0.25, 0.3) is 0 Å². The van der Waals surface area contributed by atoms with E-state index in [1.165, 1.54) is 0 Å². The molecule has 0 aliphatic carbocycles. The summed E-state index contributed by atoms with van der Waals surface area (Å²) in [7, 11) is 0. The van der Waals surface area contributed by atoms with Gasteiger partial charge in [0.1, 0.15) is 5.69 Å². The summed E-state index contributed by atoms with van der Waals surface area (Å²) in [6.07, 6.45) is 1.21. The van der Waals surface area contributed by atoms with Gasteiger partial charge in [-0.3, -0.25) is 4.79 Å². The van der Waals surface area contributed by atoms with Crippen molar-refractivity contribution in [3.05, 3.63) is 21.6 Å². The Morgan fingerprint density at radius 1 is 1.71 bits per heavy atom. The highest BCUT2D eigenvalue weighted by molar-refractivity contribution is 5.67. The molecule has 2 heterocycles. The molecule has 1 aliphatic heterocycles. The highest BCUT2D eigenvalue weighted by Gasteiger charge is 2.31. The Kier molecular flexibility index (Phi) is 2.83. The molecule has 1 aromatic rings. The molecule has 2 rings (SSSR count). The van der Waals surface area contributed by atoms with Crippen molar-refractivity contribution in [3.63, 3.8) is 0 Å². The second-order valence-electron chi connectivity index (χ2n) is 4.29. The minimum Gasteiger partial charge on any atom is -0.481 e. The Bertz CT molecular complexity index is 480. The molecule has 17 heavy (non-hydrogen) atoms. The van der Waals surface area contributed by atoms with Crippen LogP contribution in [0.15, 0.2) is 0 Å². The minimum atomic E-state index is -0.859. The standard InChI is InChI=1S/C10H13N3O4/c1-6-11-10(13(16)17)8-4-7(5-9(14)15)2-3-12(6)8/h7H,2-5H2,1H3,(H,14,15). The predicted octanol–water partition coefficient (Wildman–Crippen LogP) is 1.14. The van der Waals surface area contributed by atoms with Gasteiger partial charge in [0, 0.05) is 19.9 Å². The lowest BCUT2D eigenvalue weighted by Gasteiger charge is -2.21. The van der Waals surface area contributed by atoms with Gasteiger partial charge >= 0.3 is 11.8 Å². The van der Waals surface area contributed by atoms with Crippen molar-refractivity contribution in [1.82, 2.24) is 9.55 Å². The van der Waals surface area contributed by atoms with Gasteiger partial charge in [0.25, 0.3) is 0 Å². The molecule has 0 saturated heterocycles. The predicted molar refractivity (Wildman–Crippen MR) is 57.7 cm³/mol. The molecule has 1 N–H and O–H groups in total. The fourth-order valence-electron chi connectivity index (χ4n) is 2.35. The summed E-state index contributed by atoms with van der Waals surface area (Å²) in [5.41, 5.74) is 0.560. The van der Waals surface area contributed by atoms with E-state index in [2.05, 4.69) is 4.98 Å². The number of aliphatic carboxylic acids is 1. The van der Waals surface area contributed by atoms with E-state index in [1.807, 2.05) is 4.57 Å². The zero-order chi connectivity index (χ0) is 12.6. The van der Waals surface area contributed by atoms with E-state index in [4.69, 9.17) is 5.11 Å². The van der Waals surface area contributed by atoms with E-state index in [-0.39, 0.29) is 18.2 Å². The van der Waals surface area contributed by atoms with Crippen LogP contribution in [0.3, 0.4) is 0 Å². The van der Waals surface area contributed by atoms with Gasteiger partial charge in [-0.1, -0.05) is 0 Å². The lowest BCUT2D eigenvalue weighted by Crippen LogP contribution is -2.22. The molecule has 0 aromatic carbocycles. The van der Waals surface area contributed by atoms with Gasteiger partial charge in [0.05, 0.1) is 0 Å². The summed E-state index contributed by atoms with van der Waals surface area (Å²) < 4.78 is 1.82. The smallest absolute Gasteiger partial charge is 0.385 e. The molecule has 92 valence electrons. The molecule has 1 unspecified atom stereocenters. The van der Waals surface area contributed by atoms with Gasteiger partial charge in [0.15, 0.2) is 0 Å². The van der Waals surface area contributed by atoms with Crippen molar-refractivity contribution in [2.45, 2.75) is 32.7 Å². The normalized spacial score (nSPS) is 18.8. The van der Waals surface area contributed by atoms with Crippen LogP contribution in [-0.4, -0.2) is 25.6 Å². The van der Waals surface area contributed by atoms with Crippen LogP contribution in [0.2, 0.25) is 0 Å². The number of rotatable bonds is 3. The molecule has 1 atom stereocenters. The quantitative estimate of drug-likeness (QED) is 0.629. The van der Waals surface area contributed by atoms with Crippen molar-refractivity contribution >= 4 is 11.8 Å². The van der Waals surface area contributed by atoms with E-state index in [1.54, 1.807) is 6.92 Å². The summed E-state index contributed by atoms with van der Waals surface area (Å²) in [6.45, 7) is 2.34. The van der Waals surface area contributed by atoms with Gasteiger partial charge in [-0.2, -0.15) is 0 Å². The van der Waals surface area contributed by atoms with Gasteiger partial charge in [0.2, 0.25) is 5.82 Å². The van der Waals surface area contributed by atoms with E-state index in [9.17, 15) is 14.9 Å². The Labute approximate surface area is 97.2 Å². The number of aryl methyl sites for hydroxylation is 1. The second-order valence-corrected chi connectivity index (χ2v) is 4.29. The molecule has 0 fully saturated rings. The fraction of sp³-hybridized carbons (Fsp3) is 0.600. The number of carboxylic acid groups (broad SMARTS) is 1. The summed E-state index contributed by atoms with van der Waals surface area (Å²) in [4.78, 5) is 24.9. The van der Waals surface area contributed by atoms with Crippen molar-refractivity contribution in [2.24, 2.45) is 5.92 Å². The molecule has 0 spiro atoms. The number of carbonyl (C=O) groups is 1. The average molecular weight is 239 g/mol. The number of hydrogen-bond acceptors (Lipinski definition) is 4. The molecule has 7 nitrogen and oxygen atoms in total. The number of nitro groups is 1. The Hall–Kier alpha value is -1.92. The van der Waals surface area contributed by atoms with Crippen LogP contribution in [0.4, 0.5) is 5.82 Å². The highest BCUT2D eigenvalue weighted by Crippen LogP contribution is 2.30. The Morgan fingerprint density at radius 3 is 3.00 bits per heavy atom. The van der Waals surface area contributed by atoms with Gasteiger partial charge in [-0.25, -0.2) is 0 Å². The van der Waals surface area contributed by atoms with Gasteiger partial charge < -0.3 is 19.8 Å². The number of hydrogen-bond donors (Lipinski definition) is 1. The number of aromatic nitrogens is 2. The molecular formula is C10H13N3O4. The monoisotopic (exact) mass is 239 g/mol. The third-order valence-electron chi connectivity index (χ3n) is 3.12. The van der Waals surface area contributed by atoms with Gasteiger partial charge in [-0.15, -0.1) is 0 Å². The Morgan fingerprint density at radius 2 is 2.41 bits per heavy atom. The second kappa shape index (κ2) is 4.15. The van der Waals surface area contributed by atoms with Crippen LogP contribution < -0.4 is 0 Å². The van der Waals surface area contributed by atoms with Crippen LogP contribution in [0, 0.1) is 23.0 Å². The molecule has 0 amide bonds. The van der Waals surface area contributed by atoms with Crippen molar-refractivity contribution in [1.29, 1.82) is 0 Å². The summed E-state index contributed by atoms with van der Waals surface area (Å²) in [5.74, 6) is -0.393. The fourth-order valence-corrected chi connectivity index (χ4v) is 2.35. The van der Waals surface area contributed by atoms with Crippen LogP contribution in [-0.2, 0) is 17.8 Å². The minimum absolute atomic E-state index is 0.0326. The lowest BCUT2D eigenvalue weighted by molar-refractivity contribution is -0.390. The van der Waals surface area contributed by atoms with E-state index < -0.39 is 10.9 Å². The van der Waals surface area contributed by atoms with E-state index in [0.717, 1.165) is 6.42 Å². The first kappa shape index (κ1) is 11.6. The third-order valence-corrected chi connectivity index (χ3v) is 3.12. The van der Waals surface area contributed by atoms with E-state index >= 15 is 0 Å². The Balaban J connectivity index is 2.29. The largest absolute Gasteiger partial charge is 0.481 e. The van der Waals surface area contributed by atoms with Gasteiger partial charge in [-0.05, 0) is 28.7 Å². The topological polar surface area (TPSA) is 98.3 Å². The molecule has 0 saturated carbocycles. The van der Waals surface area contributed by atoms with Crippen molar-refractivity contribution < 1.29 is 14.8 Å². The van der Waals surface area contributed by atoms with E-state index in [0.29, 0.717) is 24.5 Å². The zero-order valence-electron chi connectivity index (χ0n) is 9.42.